The van der Waals surface area contributed by atoms with Crippen molar-refractivity contribution in [2.75, 3.05) is 32.9 Å². The number of nitrogens with zero attached hydrogens (tertiary/aromatic N) is 1. The van der Waals surface area contributed by atoms with E-state index in [1.54, 1.807) is 24.3 Å². The number of hydrogen-bond donors (Lipinski definition) is 5. The van der Waals surface area contributed by atoms with E-state index in [2.05, 4.69) is 202 Å². The van der Waals surface area contributed by atoms with Crippen LogP contribution in [-0.4, -0.2) is 69.4 Å². The topological polar surface area (TPSA) is 104 Å². The van der Waals surface area contributed by atoms with E-state index < -0.39 is 0 Å². The lowest BCUT2D eigenvalue weighted by Gasteiger charge is -2.34. The average molecular weight is 1280 g/mol. The van der Waals surface area contributed by atoms with E-state index >= 15 is 0 Å². The zero-order chi connectivity index (χ0) is 66.9. The van der Waals surface area contributed by atoms with Gasteiger partial charge >= 0.3 is 0 Å². The fraction of sp³-hybridized carbons (Fsp3) is 0.333. The first kappa shape index (κ1) is 70.4. The van der Waals surface area contributed by atoms with Crippen LogP contribution in [0.5, 0.6) is 11.5 Å². The molecule has 2 saturated carbocycles. The minimum absolute atomic E-state index is 0.160. The molecule has 0 spiro atoms. The third-order valence-corrected chi connectivity index (χ3v) is 20.2. The minimum atomic E-state index is 0.160. The van der Waals surface area contributed by atoms with Crippen LogP contribution in [0.15, 0.2) is 237 Å². The normalized spacial score (nSPS) is 15.7. The van der Waals surface area contributed by atoms with Gasteiger partial charge in [-0.25, -0.2) is 0 Å². The molecule has 498 valence electrons. The van der Waals surface area contributed by atoms with Gasteiger partial charge in [0.05, 0.1) is 0 Å². The summed E-state index contributed by atoms with van der Waals surface area (Å²) >= 11 is 0. The number of rotatable bonds is 22. The first-order chi connectivity index (χ1) is 47.1. The maximum absolute atomic E-state index is 9.89. The SMILES string of the molecule is CC(C)N1CCC(c2ccc(/C(=C(/CCCO)c3ccccc3)c3ccc(O)cc3)cc2)CC1.Cc1ccc(/C(=C(\CCCO)c2ccccc2)c2ccc(C3CCCCC3)cc2)cc1.OCCC/C(=C(\c1ccc(O)cc1)c1ccc(C2CCCCC2)cc1)c1ccccc1. The van der Waals surface area contributed by atoms with Gasteiger partial charge in [0.25, 0.3) is 0 Å². The van der Waals surface area contributed by atoms with Gasteiger partial charge in [0.2, 0.25) is 0 Å². The second kappa shape index (κ2) is 36.7. The lowest BCUT2D eigenvalue weighted by molar-refractivity contribution is 0.172. The highest BCUT2D eigenvalue weighted by Crippen LogP contribution is 2.42. The Labute approximate surface area is 574 Å². The highest BCUT2D eigenvalue weighted by molar-refractivity contribution is 6.01. The molecule has 3 fully saturated rings. The quantitative estimate of drug-likeness (QED) is 0.0433. The van der Waals surface area contributed by atoms with Gasteiger partial charge in [-0.1, -0.05) is 256 Å². The number of phenols is 2. The lowest BCUT2D eigenvalue weighted by Crippen LogP contribution is -2.37. The predicted octanol–water partition coefficient (Wildman–Crippen LogP) is 21.7. The smallest absolute Gasteiger partial charge is 0.115 e. The number of piperidine rings is 1. The van der Waals surface area contributed by atoms with E-state index in [1.807, 2.05) is 36.4 Å². The third-order valence-electron chi connectivity index (χ3n) is 20.2. The van der Waals surface area contributed by atoms with Crippen molar-refractivity contribution in [3.05, 3.63) is 309 Å². The van der Waals surface area contributed by atoms with Gasteiger partial charge in [-0.15, -0.1) is 0 Å². The van der Waals surface area contributed by atoms with Gasteiger partial charge in [-0.05, 0) is 253 Å². The summed E-state index contributed by atoms with van der Waals surface area (Å²) in [5.41, 5.74) is 23.6. The molecule has 0 aromatic heterocycles. The van der Waals surface area contributed by atoms with Crippen LogP contribution in [0.1, 0.15) is 220 Å². The second-order valence-corrected chi connectivity index (χ2v) is 27.0. The summed E-state index contributed by atoms with van der Waals surface area (Å²) in [7, 11) is 0. The number of allylic oxidation sites excluding steroid dienone is 3. The fourth-order valence-corrected chi connectivity index (χ4v) is 14.8. The van der Waals surface area contributed by atoms with Crippen molar-refractivity contribution in [3.63, 3.8) is 0 Å². The highest BCUT2D eigenvalue weighted by atomic mass is 16.3. The molecule has 9 aromatic rings. The van der Waals surface area contributed by atoms with E-state index in [9.17, 15) is 25.5 Å². The molecular formula is C90H103NO5. The standard InChI is InChI=1S/C31H37NO2.C30H34O.C29H32O2/c1-23(2)32-20-18-25(19-21-32)24-10-12-27(13-11-24)31(28-14-16-29(34)17-15-28)30(9-6-22-33)26-7-4-3-5-8-26;1-23-14-16-27(17-15-23)30(29(13-8-22-31)26-11-6-3-7-12-26)28-20-18-25(19-21-28)24-9-4-2-5-10-24;30-21-7-12-28(24-10-5-2-6-11-24)29(26-17-19-27(31)20-18-26)25-15-13-23(14-16-25)22-8-3-1-4-9-22/h3-5,7-8,10-17,23,25,33-34H,6,9,18-22H2,1-2H3;3,6-7,11-12,14-21,24,31H,2,4-5,8-10,13,22H2,1H3;2,5-6,10-11,13-20,22,30-31H,1,3-4,7-9,12,21H2/b31-30+;30-29-;29-28+. The Hall–Kier alpha value is -8.36. The minimum Gasteiger partial charge on any atom is -0.508 e. The number of aliphatic hydroxyl groups excluding tert-OH is 3. The monoisotopic (exact) mass is 1280 g/mol. The summed E-state index contributed by atoms with van der Waals surface area (Å²) in [5, 5.41) is 48.4. The van der Waals surface area contributed by atoms with Gasteiger partial charge in [0, 0.05) is 25.9 Å². The molecule has 0 radical (unpaired) electrons. The number of likely N-dealkylation sites (tertiary alicyclic amines) is 1. The molecule has 1 saturated heterocycles. The number of benzene rings is 9. The molecule has 12 rings (SSSR count). The molecule has 1 heterocycles. The molecule has 0 bridgehead atoms. The van der Waals surface area contributed by atoms with Crippen LogP contribution in [0.25, 0.3) is 33.4 Å². The van der Waals surface area contributed by atoms with Crippen molar-refractivity contribution in [1.29, 1.82) is 0 Å². The Morgan fingerprint density at radius 3 is 0.854 bits per heavy atom. The maximum Gasteiger partial charge on any atom is 0.115 e. The average Bonchev–Trinajstić information content (AvgIpc) is 0.869. The van der Waals surface area contributed by atoms with Gasteiger partial charge in [-0.3, -0.25) is 0 Å². The Morgan fingerprint density at radius 2 is 0.583 bits per heavy atom. The predicted molar refractivity (Wildman–Crippen MR) is 403 cm³/mol. The van der Waals surface area contributed by atoms with Crippen molar-refractivity contribution in [2.24, 2.45) is 0 Å². The summed E-state index contributed by atoms with van der Waals surface area (Å²) < 4.78 is 0. The van der Waals surface area contributed by atoms with Crippen molar-refractivity contribution >= 4 is 33.4 Å². The molecular weight excluding hydrogens is 1170 g/mol. The number of phenolic OH excluding ortho intramolecular Hbond substituents is 2. The summed E-state index contributed by atoms with van der Waals surface area (Å²) in [4.78, 5) is 2.57. The van der Waals surface area contributed by atoms with E-state index in [4.69, 9.17) is 0 Å². The summed E-state index contributed by atoms with van der Waals surface area (Å²) in [5.74, 6) is 2.56. The zero-order valence-electron chi connectivity index (χ0n) is 57.3. The van der Waals surface area contributed by atoms with Crippen LogP contribution in [0.4, 0.5) is 0 Å². The van der Waals surface area contributed by atoms with E-state index in [1.165, 1.54) is 185 Å². The van der Waals surface area contributed by atoms with Crippen molar-refractivity contribution in [3.8, 4) is 11.5 Å². The summed E-state index contributed by atoms with van der Waals surface area (Å²) in [6.07, 6.45) is 20.4. The summed E-state index contributed by atoms with van der Waals surface area (Å²) in [6, 6.07) is 83.6. The third kappa shape index (κ3) is 19.4. The summed E-state index contributed by atoms with van der Waals surface area (Å²) in [6.45, 7) is 9.58. The Bertz CT molecular complexity index is 3660. The Balaban J connectivity index is 0.000000157. The Morgan fingerprint density at radius 1 is 0.323 bits per heavy atom. The van der Waals surface area contributed by atoms with Crippen LogP contribution < -0.4 is 0 Å². The fourth-order valence-electron chi connectivity index (χ4n) is 14.8. The van der Waals surface area contributed by atoms with Gasteiger partial charge in [0.1, 0.15) is 11.5 Å². The number of aryl methyl sites for hydroxylation is 1. The van der Waals surface area contributed by atoms with E-state index in [0.717, 1.165) is 42.7 Å². The molecule has 0 amide bonds. The molecule has 2 aliphatic carbocycles. The zero-order valence-corrected chi connectivity index (χ0v) is 57.3. The number of hydrogen-bond acceptors (Lipinski definition) is 6. The van der Waals surface area contributed by atoms with Crippen LogP contribution in [0.2, 0.25) is 0 Å². The van der Waals surface area contributed by atoms with Crippen molar-refractivity contribution in [1.82, 2.24) is 4.90 Å². The van der Waals surface area contributed by atoms with Crippen LogP contribution in [0, 0.1) is 6.92 Å². The van der Waals surface area contributed by atoms with Crippen LogP contribution >= 0.6 is 0 Å². The first-order valence-electron chi connectivity index (χ1n) is 36.0. The molecule has 6 heteroatoms. The maximum atomic E-state index is 9.89. The van der Waals surface area contributed by atoms with Crippen LogP contribution in [0.3, 0.4) is 0 Å². The molecule has 9 aromatic carbocycles. The molecule has 1 aliphatic heterocycles. The van der Waals surface area contributed by atoms with Crippen LogP contribution in [-0.2, 0) is 0 Å². The van der Waals surface area contributed by atoms with Gasteiger partial charge in [0.15, 0.2) is 0 Å². The Kier molecular flexibility index (Phi) is 26.9. The van der Waals surface area contributed by atoms with Gasteiger partial charge in [-0.2, -0.15) is 0 Å². The van der Waals surface area contributed by atoms with Crippen molar-refractivity contribution in [2.45, 2.75) is 160 Å². The molecule has 5 N–H and O–H groups in total. The molecule has 0 atom stereocenters. The van der Waals surface area contributed by atoms with E-state index in [0.29, 0.717) is 30.7 Å². The number of aliphatic hydroxyl groups is 3. The van der Waals surface area contributed by atoms with Crippen molar-refractivity contribution < 1.29 is 25.5 Å². The molecule has 0 unspecified atom stereocenters. The second-order valence-electron chi connectivity index (χ2n) is 27.0. The van der Waals surface area contributed by atoms with Gasteiger partial charge < -0.3 is 30.4 Å². The highest BCUT2D eigenvalue weighted by Gasteiger charge is 2.24. The lowest BCUT2D eigenvalue weighted by atomic mass is 9.82. The molecule has 96 heavy (non-hydrogen) atoms. The molecule has 6 nitrogen and oxygen atoms in total. The number of aromatic hydroxyl groups is 2. The molecule has 3 aliphatic rings. The van der Waals surface area contributed by atoms with E-state index in [-0.39, 0.29) is 31.3 Å². The largest absolute Gasteiger partial charge is 0.508 e. The first-order valence-corrected chi connectivity index (χ1v) is 36.0.